The number of anilines is 1. The number of hydrogen-bond acceptors (Lipinski definition) is 7. The molecule has 0 bridgehead atoms. The van der Waals surface area contributed by atoms with Gasteiger partial charge in [0.15, 0.2) is 5.78 Å². The van der Waals surface area contributed by atoms with Gasteiger partial charge >= 0.3 is 0 Å². The van der Waals surface area contributed by atoms with Crippen molar-refractivity contribution in [3.8, 4) is 10.4 Å². The molecule has 6 nitrogen and oxygen atoms in total. The number of benzene rings is 1. The summed E-state index contributed by atoms with van der Waals surface area (Å²) in [4.78, 5) is 31.8. The number of piperazine rings is 1. The number of fused-ring (bicyclic) bond motifs is 1. The molecule has 1 aliphatic heterocycles. The van der Waals surface area contributed by atoms with Crippen molar-refractivity contribution in [1.82, 2.24) is 19.9 Å². The highest BCUT2D eigenvalue weighted by Gasteiger charge is 2.17. The minimum atomic E-state index is 0.0586. The average molecular weight is 430 g/mol. The highest BCUT2D eigenvalue weighted by molar-refractivity contribution is 7.13. The Morgan fingerprint density at radius 1 is 1.00 bits per heavy atom. The van der Waals surface area contributed by atoms with E-state index in [1.807, 2.05) is 30.0 Å². The highest BCUT2D eigenvalue weighted by Crippen LogP contribution is 2.27. The largest absolute Gasteiger partial charge is 0.354 e. The summed E-state index contributed by atoms with van der Waals surface area (Å²) in [7, 11) is 2.13. The Morgan fingerprint density at radius 2 is 1.87 bits per heavy atom. The molecule has 31 heavy (non-hydrogen) atoms. The van der Waals surface area contributed by atoms with Gasteiger partial charge in [0, 0.05) is 61.4 Å². The molecule has 156 valence electrons. The third-order valence-corrected chi connectivity index (χ3v) is 6.55. The van der Waals surface area contributed by atoms with Gasteiger partial charge in [0.1, 0.15) is 5.82 Å². The standard InChI is InChI=1S/C24H23N5OS/c1-28-6-8-29(9-7-28)24-12-17(4-5-26-24)22(30)13-21-11-20-10-18(23-15-25-16-31-23)2-3-19(20)14-27-21/h2-5,10-12,14-16H,6-9,13H2,1H3. The summed E-state index contributed by atoms with van der Waals surface area (Å²) >= 11 is 1.62. The molecule has 0 radical (unpaired) electrons. The van der Waals surface area contributed by atoms with Crippen molar-refractivity contribution in [3.63, 3.8) is 0 Å². The molecule has 4 aromatic rings. The Bertz CT molecular complexity index is 1220. The lowest BCUT2D eigenvalue weighted by Gasteiger charge is -2.33. The lowest BCUT2D eigenvalue weighted by molar-refractivity contribution is 0.0992. The van der Waals surface area contributed by atoms with Crippen molar-refractivity contribution < 1.29 is 4.79 Å². The number of carbonyl (C=O) groups excluding carboxylic acids is 1. The van der Waals surface area contributed by atoms with Crippen molar-refractivity contribution >= 4 is 33.7 Å². The molecule has 3 aromatic heterocycles. The lowest BCUT2D eigenvalue weighted by atomic mass is 10.0. The Labute approximate surface area is 185 Å². The lowest BCUT2D eigenvalue weighted by Crippen LogP contribution is -2.44. The van der Waals surface area contributed by atoms with Crippen LogP contribution in [0.5, 0.6) is 0 Å². The normalized spacial score (nSPS) is 14.8. The molecule has 0 saturated carbocycles. The zero-order valence-corrected chi connectivity index (χ0v) is 18.2. The summed E-state index contributed by atoms with van der Waals surface area (Å²) in [6.07, 6.45) is 5.72. The van der Waals surface area contributed by atoms with Crippen LogP contribution in [0.3, 0.4) is 0 Å². The van der Waals surface area contributed by atoms with Gasteiger partial charge in [-0.25, -0.2) is 4.98 Å². The molecule has 1 saturated heterocycles. The van der Waals surface area contributed by atoms with Gasteiger partial charge in [0.2, 0.25) is 0 Å². The van der Waals surface area contributed by atoms with Gasteiger partial charge in [-0.1, -0.05) is 12.1 Å². The van der Waals surface area contributed by atoms with E-state index in [9.17, 15) is 4.79 Å². The van der Waals surface area contributed by atoms with Crippen LogP contribution in [0, 0.1) is 0 Å². The van der Waals surface area contributed by atoms with Crippen LogP contribution in [-0.2, 0) is 6.42 Å². The van der Waals surface area contributed by atoms with E-state index in [-0.39, 0.29) is 12.2 Å². The molecule has 1 aromatic carbocycles. The number of aromatic nitrogens is 3. The maximum Gasteiger partial charge on any atom is 0.169 e. The van der Waals surface area contributed by atoms with Crippen molar-refractivity contribution in [2.45, 2.75) is 6.42 Å². The molecule has 0 spiro atoms. The van der Waals surface area contributed by atoms with Crippen molar-refractivity contribution in [2.24, 2.45) is 0 Å². The first-order chi connectivity index (χ1) is 15.2. The Kier molecular flexibility index (Phi) is 5.44. The van der Waals surface area contributed by atoms with E-state index in [1.165, 1.54) is 0 Å². The summed E-state index contributed by atoms with van der Waals surface area (Å²) in [6, 6.07) is 12.0. The Hall–Kier alpha value is -3.16. The number of ketones is 1. The monoisotopic (exact) mass is 429 g/mol. The summed E-state index contributed by atoms with van der Waals surface area (Å²) in [5.74, 6) is 0.933. The molecular weight excluding hydrogens is 406 g/mol. The Morgan fingerprint density at radius 3 is 2.68 bits per heavy atom. The van der Waals surface area contributed by atoms with E-state index in [1.54, 1.807) is 23.6 Å². The fraction of sp³-hybridized carbons (Fsp3) is 0.250. The molecule has 1 aliphatic rings. The Balaban J connectivity index is 1.35. The molecule has 7 heteroatoms. The van der Waals surface area contributed by atoms with Crippen LogP contribution >= 0.6 is 11.3 Å². The van der Waals surface area contributed by atoms with Crippen LogP contribution < -0.4 is 4.90 Å². The second-order valence-corrected chi connectivity index (χ2v) is 8.78. The van der Waals surface area contributed by atoms with E-state index >= 15 is 0 Å². The third kappa shape index (κ3) is 4.33. The average Bonchev–Trinajstić information content (AvgIpc) is 3.34. The smallest absolute Gasteiger partial charge is 0.169 e. The predicted octanol–water partition coefficient (Wildman–Crippen LogP) is 3.93. The molecule has 0 amide bonds. The second kappa shape index (κ2) is 8.53. The summed E-state index contributed by atoms with van der Waals surface area (Å²) in [5, 5.41) is 2.14. The van der Waals surface area contributed by atoms with Gasteiger partial charge < -0.3 is 9.80 Å². The molecule has 0 unspecified atom stereocenters. The van der Waals surface area contributed by atoms with Crippen LogP contribution in [0.25, 0.3) is 21.2 Å². The minimum Gasteiger partial charge on any atom is -0.354 e. The topological polar surface area (TPSA) is 62.2 Å². The number of hydrogen-bond donors (Lipinski definition) is 0. The summed E-state index contributed by atoms with van der Waals surface area (Å²) in [5.41, 5.74) is 4.42. The first kappa shape index (κ1) is 19.8. The van der Waals surface area contributed by atoms with Crippen LogP contribution in [-0.4, -0.2) is 58.9 Å². The van der Waals surface area contributed by atoms with Gasteiger partial charge in [-0.15, -0.1) is 11.3 Å². The van der Waals surface area contributed by atoms with Gasteiger partial charge in [-0.3, -0.25) is 14.8 Å². The van der Waals surface area contributed by atoms with Gasteiger partial charge in [0.05, 0.1) is 16.8 Å². The van der Waals surface area contributed by atoms with E-state index in [2.05, 4.69) is 50.0 Å². The van der Waals surface area contributed by atoms with E-state index in [0.717, 1.165) is 58.9 Å². The number of thiazole rings is 1. The quantitative estimate of drug-likeness (QED) is 0.448. The van der Waals surface area contributed by atoms with E-state index in [4.69, 9.17) is 0 Å². The number of nitrogens with zero attached hydrogens (tertiary/aromatic N) is 5. The maximum absolute atomic E-state index is 13.0. The number of carbonyl (C=O) groups is 1. The third-order valence-electron chi connectivity index (χ3n) is 5.73. The van der Waals surface area contributed by atoms with E-state index in [0.29, 0.717) is 5.56 Å². The molecule has 4 heterocycles. The fourth-order valence-corrected chi connectivity index (χ4v) is 4.48. The molecule has 0 aliphatic carbocycles. The van der Waals surface area contributed by atoms with Crippen LogP contribution in [0.4, 0.5) is 5.82 Å². The van der Waals surface area contributed by atoms with Gasteiger partial charge in [-0.05, 0) is 42.3 Å². The molecule has 0 atom stereocenters. The number of likely N-dealkylation sites (N-methyl/N-ethyl adjacent to an activating group) is 1. The van der Waals surface area contributed by atoms with Gasteiger partial charge in [-0.2, -0.15) is 0 Å². The maximum atomic E-state index is 13.0. The molecule has 0 N–H and O–H groups in total. The predicted molar refractivity (Wildman–Crippen MR) is 125 cm³/mol. The van der Waals surface area contributed by atoms with Crippen LogP contribution in [0.15, 0.2) is 60.5 Å². The number of Topliss-reactive ketones (excluding diaryl/α,β-unsaturated/α-hetero) is 1. The minimum absolute atomic E-state index is 0.0586. The second-order valence-electron chi connectivity index (χ2n) is 7.90. The SMILES string of the molecule is CN1CCN(c2cc(C(=O)Cc3cc4cc(-c5cncs5)ccc4cn3)ccn2)CC1. The fourth-order valence-electron chi connectivity index (χ4n) is 3.86. The molecular formula is C24H23N5OS. The molecule has 5 rings (SSSR count). The zero-order chi connectivity index (χ0) is 21.2. The van der Waals surface area contributed by atoms with Crippen LogP contribution in [0.2, 0.25) is 0 Å². The molecule has 1 fully saturated rings. The first-order valence-corrected chi connectivity index (χ1v) is 11.2. The number of rotatable bonds is 5. The zero-order valence-electron chi connectivity index (χ0n) is 17.4. The van der Waals surface area contributed by atoms with Crippen molar-refractivity contribution in [3.05, 3.63) is 71.8 Å². The van der Waals surface area contributed by atoms with Crippen molar-refractivity contribution in [1.29, 1.82) is 0 Å². The first-order valence-electron chi connectivity index (χ1n) is 10.4. The van der Waals surface area contributed by atoms with Crippen LogP contribution in [0.1, 0.15) is 16.1 Å². The highest BCUT2D eigenvalue weighted by atomic mass is 32.1. The van der Waals surface area contributed by atoms with E-state index < -0.39 is 0 Å². The van der Waals surface area contributed by atoms with Crippen molar-refractivity contribution in [2.75, 3.05) is 38.1 Å². The summed E-state index contributed by atoms with van der Waals surface area (Å²) < 4.78 is 0. The summed E-state index contributed by atoms with van der Waals surface area (Å²) in [6.45, 7) is 3.86. The van der Waals surface area contributed by atoms with Gasteiger partial charge in [0.25, 0.3) is 0 Å². The number of pyridine rings is 2.